The van der Waals surface area contributed by atoms with Gasteiger partial charge < -0.3 is 0 Å². The number of nitrogens with zero attached hydrogens (tertiary/aromatic N) is 4. The van der Waals surface area contributed by atoms with Gasteiger partial charge in [-0.3, -0.25) is 0 Å². The van der Waals surface area contributed by atoms with Crippen LogP contribution in [0.4, 0.5) is 0 Å². The summed E-state index contributed by atoms with van der Waals surface area (Å²) in [7, 11) is 0. The van der Waals surface area contributed by atoms with E-state index in [9.17, 15) is 5.26 Å². The van der Waals surface area contributed by atoms with Gasteiger partial charge in [0.25, 0.3) is 0 Å². The van der Waals surface area contributed by atoms with E-state index in [2.05, 4.69) is 49.3 Å². The highest BCUT2D eigenvalue weighted by Gasteiger charge is 2.14. The van der Waals surface area contributed by atoms with Crippen LogP contribution >= 0.6 is 0 Å². The van der Waals surface area contributed by atoms with Crippen LogP contribution in [0.3, 0.4) is 0 Å². The first-order valence-corrected chi connectivity index (χ1v) is 7.08. The lowest BCUT2D eigenvalue weighted by molar-refractivity contribution is 0.541. The van der Waals surface area contributed by atoms with Crippen molar-refractivity contribution in [3.63, 3.8) is 0 Å². The van der Waals surface area contributed by atoms with Crippen LogP contribution in [0.5, 0.6) is 0 Å². The van der Waals surface area contributed by atoms with E-state index < -0.39 is 0 Å². The molecule has 0 atom stereocenters. The fraction of sp³-hybridized carbons (Fsp3) is 0.438. The monoisotopic (exact) mass is 268 g/mol. The molecular formula is C16H20N4. The lowest BCUT2D eigenvalue weighted by atomic mass is 10.0. The van der Waals surface area contributed by atoms with Crippen molar-refractivity contribution in [2.24, 2.45) is 0 Å². The molecule has 1 heterocycles. The third kappa shape index (κ3) is 2.88. The molecule has 2 rings (SSSR count). The van der Waals surface area contributed by atoms with Gasteiger partial charge in [0.2, 0.25) is 0 Å². The summed E-state index contributed by atoms with van der Waals surface area (Å²) in [4.78, 5) is 0. The molecule has 0 aliphatic carbocycles. The molecule has 0 fully saturated rings. The first-order chi connectivity index (χ1) is 9.67. The van der Waals surface area contributed by atoms with Crippen LogP contribution in [-0.2, 0) is 6.54 Å². The summed E-state index contributed by atoms with van der Waals surface area (Å²) in [6.45, 7) is 7.15. The third-order valence-corrected chi connectivity index (χ3v) is 3.59. The van der Waals surface area contributed by atoms with Gasteiger partial charge in [-0.1, -0.05) is 37.1 Å². The van der Waals surface area contributed by atoms with E-state index in [-0.39, 0.29) is 0 Å². The molecule has 0 saturated carbocycles. The third-order valence-electron chi connectivity index (χ3n) is 3.59. The van der Waals surface area contributed by atoms with Gasteiger partial charge in [-0.15, -0.1) is 5.10 Å². The van der Waals surface area contributed by atoms with Gasteiger partial charge in [-0.25, -0.2) is 4.68 Å². The number of benzene rings is 1. The van der Waals surface area contributed by atoms with Crippen LogP contribution in [0.15, 0.2) is 18.2 Å². The fourth-order valence-corrected chi connectivity index (χ4v) is 2.23. The number of aromatic nitrogens is 3. The number of hydrogen-bond donors (Lipinski definition) is 0. The van der Waals surface area contributed by atoms with Crippen LogP contribution < -0.4 is 0 Å². The van der Waals surface area contributed by atoms with E-state index in [0.717, 1.165) is 30.6 Å². The van der Waals surface area contributed by atoms with Crippen LogP contribution in [-0.4, -0.2) is 15.0 Å². The lowest BCUT2D eigenvalue weighted by Crippen LogP contribution is -2.03. The molecule has 0 N–H and O–H groups in total. The maximum atomic E-state index is 9.22. The Morgan fingerprint density at radius 1 is 1.20 bits per heavy atom. The van der Waals surface area contributed by atoms with E-state index in [1.165, 1.54) is 17.5 Å². The molecule has 0 aliphatic rings. The second-order valence-corrected chi connectivity index (χ2v) is 5.13. The van der Waals surface area contributed by atoms with E-state index >= 15 is 0 Å². The molecule has 1 aromatic heterocycles. The Morgan fingerprint density at radius 3 is 2.65 bits per heavy atom. The van der Waals surface area contributed by atoms with E-state index in [1.807, 2.05) is 10.7 Å². The van der Waals surface area contributed by atoms with Gasteiger partial charge in [0.05, 0.1) is 0 Å². The quantitative estimate of drug-likeness (QED) is 0.778. The number of unbranched alkanes of at least 4 members (excludes halogenated alkanes) is 2. The minimum Gasteiger partial charge on any atom is -0.243 e. The molecule has 4 heteroatoms. The SMILES string of the molecule is CCCCCn1nnc(C#N)c1-c1ccc(C)c(C)c1. The number of nitriles is 1. The molecule has 0 radical (unpaired) electrons. The van der Waals surface area contributed by atoms with Gasteiger partial charge >= 0.3 is 0 Å². The first kappa shape index (κ1) is 14.3. The molecule has 104 valence electrons. The van der Waals surface area contributed by atoms with Crippen molar-refractivity contribution in [1.82, 2.24) is 15.0 Å². The average Bonchev–Trinajstić information content (AvgIpc) is 2.85. The van der Waals surface area contributed by atoms with Gasteiger partial charge in [0, 0.05) is 12.1 Å². The molecule has 4 nitrogen and oxygen atoms in total. The van der Waals surface area contributed by atoms with Crippen molar-refractivity contribution in [2.45, 2.75) is 46.6 Å². The highest BCUT2D eigenvalue weighted by Crippen LogP contribution is 2.24. The second kappa shape index (κ2) is 6.33. The Hall–Kier alpha value is -2.15. The largest absolute Gasteiger partial charge is 0.243 e. The molecule has 0 unspecified atom stereocenters. The fourth-order valence-electron chi connectivity index (χ4n) is 2.23. The molecule has 2 aromatic rings. The summed E-state index contributed by atoms with van der Waals surface area (Å²) >= 11 is 0. The van der Waals surface area contributed by atoms with E-state index in [1.54, 1.807) is 0 Å². The molecule has 20 heavy (non-hydrogen) atoms. The summed E-state index contributed by atoms with van der Waals surface area (Å²) in [5.74, 6) is 0. The van der Waals surface area contributed by atoms with Crippen LogP contribution in [0.2, 0.25) is 0 Å². The zero-order chi connectivity index (χ0) is 14.5. The first-order valence-electron chi connectivity index (χ1n) is 7.08. The topological polar surface area (TPSA) is 54.5 Å². The van der Waals surface area contributed by atoms with Gasteiger partial charge in [-0.2, -0.15) is 5.26 Å². The standard InChI is InChI=1S/C16H20N4/c1-4-5-6-9-20-16(15(11-17)18-19-20)14-8-7-12(2)13(3)10-14/h7-8,10H,4-6,9H2,1-3H3. The maximum absolute atomic E-state index is 9.22. The Kier molecular flexibility index (Phi) is 4.52. The number of hydrogen-bond acceptors (Lipinski definition) is 3. The summed E-state index contributed by atoms with van der Waals surface area (Å²) < 4.78 is 1.86. The Labute approximate surface area is 120 Å². The Morgan fingerprint density at radius 2 is 2.00 bits per heavy atom. The number of rotatable bonds is 5. The predicted molar refractivity (Wildman–Crippen MR) is 79.2 cm³/mol. The minimum atomic E-state index is 0.407. The van der Waals surface area contributed by atoms with Gasteiger partial charge in [-0.05, 0) is 37.5 Å². The van der Waals surface area contributed by atoms with Crippen LogP contribution in [0, 0.1) is 25.2 Å². The smallest absolute Gasteiger partial charge is 0.190 e. The molecular weight excluding hydrogens is 248 g/mol. The molecule has 0 spiro atoms. The molecule has 0 aliphatic heterocycles. The minimum absolute atomic E-state index is 0.407. The molecule has 0 saturated heterocycles. The van der Waals surface area contributed by atoms with Gasteiger partial charge in [0.1, 0.15) is 11.8 Å². The summed E-state index contributed by atoms with van der Waals surface area (Å²) in [5.41, 5.74) is 4.73. The normalized spacial score (nSPS) is 10.5. The highest BCUT2D eigenvalue weighted by atomic mass is 15.4. The molecule has 0 amide bonds. The zero-order valence-electron chi connectivity index (χ0n) is 12.3. The van der Waals surface area contributed by atoms with Crippen LogP contribution in [0.25, 0.3) is 11.3 Å². The van der Waals surface area contributed by atoms with Crippen molar-refractivity contribution in [3.8, 4) is 17.3 Å². The molecule has 1 aromatic carbocycles. The second-order valence-electron chi connectivity index (χ2n) is 5.13. The van der Waals surface area contributed by atoms with Crippen molar-refractivity contribution in [1.29, 1.82) is 5.26 Å². The Bertz CT molecular complexity index is 634. The predicted octanol–water partition coefficient (Wildman–Crippen LogP) is 3.62. The average molecular weight is 268 g/mol. The van der Waals surface area contributed by atoms with E-state index in [0.29, 0.717) is 5.69 Å². The maximum Gasteiger partial charge on any atom is 0.190 e. The summed E-state index contributed by atoms with van der Waals surface area (Å²) in [5, 5.41) is 17.3. The Balaban J connectivity index is 2.40. The molecule has 0 bridgehead atoms. The van der Waals surface area contributed by atoms with E-state index in [4.69, 9.17) is 0 Å². The summed E-state index contributed by atoms with van der Waals surface area (Å²) in [6.07, 6.45) is 3.38. The highest BCUT2D eigenvalue weighted by molar-refractivity contribution is 5.66. The number of aryl methyl sites for hydroxylation is 3. The van der Waals surface area contributed by atoms with Crippen molar-refractivity contribution < 1.29 is 0 Å². The van der Waals surface area contributed by atoms with Gasteiger partial charge in [0.15, 0.2) is 5.69 Å². The lowest BCUT2D eigenvalue weighted by Gasteiger charge is -2.08. The van der Waals surface area contributed by atoms with Crippen molar-refractivity contribution in [3.05, 3.63) is 35.0 Å². The van der Waals surface area contributed by atoms with Crippen LogP contribution in [0.1, 0.15) is 43.0 Å². The summed E-state index contributed by atoms with van der Waals surface area (Å²) in [6, 6.07) is 8.37. The zero-order valence-corrected chi connectivity index (χ0v) is 12.3. The van der Waals surface area contributed by atoms with Crippen molar-refractivity contribution in [2.75, 3.05) is 0 Å². The van der Waals surface area contributed by atoms with Crippen molar-refractivity contribution >= 4 is 0 Å².